The molecular formula is C60H42ClF3N10. The molecule has 0 radical (unpaired) electrons. The van der Waals surface area contributed by atoms with Crippen LogP contribution in [0.5, 0.6) is 0 Å². The summed E-state index contributed by atoms with van der Waals surface area (Å²) in [5.41, 5.74) is 6.88. The summed E-state index contributed by atoms with van der Waals surface area (Å²) in [4.78, 5) is 4.12. The maximum atomic E-state index is 12.9. The van der Waals surface area contributed by atoms with Crippen molar-refractivity contribution in [2.24, 2.45) is 0 Å². The second-order valence-electron chi connectivity index (χ2n) is 16.6. The number of fused-ring (bicyclic) bond motifs is 3. The zero-order chi connectivity index (χ0) is 50.7. The van der Waals surface area contributed by atoms with Crippen molar-refractivity contribution >= 4 is 78.4 Å². The fraction of sp³-hybridized carbons (Fsp3) is 0.0167. The van der Waals surface area contributed by atoms with Crippen molar-refractivity contribution in [3.8, 4) is 33.8 Å². The molecular weight excluding hydrogens is 953 g/mol. The van der Waals surface area contributed by atoms with Crippen LogP contribution in [0.4, 0.5) is 47.7 Å². The van der Waals surface area contributed by atoms with Gasteiger partial charge in [0.2, 0.25) is 0 Å². The van der Waals surface area contributed by atoms with Crippen molar-refractivity contribution in [2.75, 3.05) is 16.0 Å². The molecule has 0 unspecified atom stereocenters. The molecule has 3 N–H and O–H groups in total. The molecule has 360 valence electrons. The van der Waals surface area contributed by atoms with E-state index in [9.17, 15) is 13.2 Å². The standard InChI is InChI=1S/C21H14F3N3.C20H14ClN3.C19H14N4/c22-21(23,24)15-9-6-10-16(13-15)25-20-18-12-5-4-11-17(18)19(26-27-20)14-7-2-1-3-8-14;21-15-9-6-10-16(13-15)22-20-18-12-5-4-11-17(18)19(23-24-20)14-7-2-1-3-8-14;1-2-7-14(8-3-1)18-16-10-4-5-11-17(16)19(23-22-18)21-15-9-6-12-20-13-15/h1-13H,(H,25,27);1-13H,(H,22,24);1-13H,(H,21,23). The quantitative estimate of drug-likeness (QED) is 0.129. The molecule has 0 amide bonds. The molecule has 0 aliphatic heterocycles. The number of halogens is 4. The lowest BCUT2D eigenvalue weighted by Gasteiger charge is -2.13. The second-order valence-corrected chi connectivity index (χ2v) is 17.1. The third kappa shape index (κ3) is 11.3. The van der Waals surface area contributed by atoms with E-state index in [4.69, 9.17) is 11.6 Å². The number of nitrogens with one attached hydrogen (secondary N) is 3. The van der Waals surface area contributed by atoms with E-state index in [0.29, 0.717) is 22.3 Å². The molecule has 14 heteroatoms. The zero-order valence-electron chi connectivity index (χ0n) is 39.2. The molecule has 4 aromatic heterocycles. The maximum absolute atomic E-state index is 12.9. The number of benzene rings is 8. The number of nitrogens with zero attached hydrogens (tertiary/aromatic N) is 7. The van der Waals surface area contributed by atoms with Gasteiger partial charge in [-0.2, -0.15) is 13.2 Å². The first-order valence-electron chi connectivity index (χ1n) is 23.3. The molecule has 0 spiro atoms. The van der Waals surface area contributed by atoms with E-state index >= 15 is 0 Å². The fourth-order valence-corrected chi connectivity index (χ4v) is 8.39. The number of anilines is 6. The van der Waals surface area contributed by atoms with E-state index in [1.165, 1.54) is 6.07 Å². The number of hydrogen-bond donors (Lipinski definition) is 3. The Morgan fingerprint density at radius 2 is 0.703 bits per heavy atom. The molecule has 0 saturated heterocycles. The number of alkyl halides is 3. The maximum Gasteiger partial charge on any atom is 0.416 e. The van der Waals surface area contributed by atoms with Gasteiger partial charge in [-0.1, -0.05) is 188 Å². The smallest absolute Gasteiger partial charge is 0.338 e. The van der Waals surface area contributed by atoms with E-state index in [0.717, 1.165) is 95.4 Å². The van der Waals surface area contributed by atoms with Gasteiger partial charge in [-0.3, -0.25) is 4.98 Å². The van der Waals surface area contributed by atoms with E-state index in [1.807, 2.05) is 182 Å². The minimum atomic E-state index is -4.40. The van der Waals surface area contributed by atoms with Crippen molar-refractivity contribution in [2.45, 2.75) is 6.18 Å². The molecule has 0 bridgehead atoms. The largest absolute Gasteiger partial charge is 0.416 e. The minimum absolute atomic E-state index is 0.303. The Hall–Kier alpha value is -9.59. The SMILES string of the molecule is Clc1cccc(Nc2nnc(-c3ccccc3)c3ccccc23)c1.FC(F)(F)c1cccc(Nc2nnc(-c3ccccc3)c3ccccc23)c1.c1ccc(-c2nnc(Nc3cccnc3)c3ccccc23)cc1. The summed E-state index contributed by atoms with van der Waals surface area (Å²) in [5.74, 6) is 1.85. The predicted molar refractivity (Wildman–Crippen MR) is 292 cm³/mol. The molecule has 8 aromatic carbocycles. The van der Waals surface area contributed by atoms with E-state index < -0.39 is 11.7 Å². The van der Waals surface area contributed by atoms with Gasteiger partial charge in [0.25, 0.3) is 0 Å². The highest BCUT2D eigenvalue weighted by atomic mass is 35.5. The highest BCUT2D eigenvalue weighted by Crippen LogP contribution is 2.36. The molecule has 0 atom stereocenters. The van der Waals surface area contributed by atoms with Gasteiger partial charge in [0, 0.05) is 71.6 Å². The van der Waals surface area contributed by atoms with Gasteiger partial charge >= 0.3 is 6.18 Å². The molecule has 0 fully saturated rings. The Morgan fingerprint density at radius 1 is 0.338 bits per heavy atom. The molecule has 74 heavy (non-hydrogen) atoms. The van der Waals surface area contributed by atoms with Gasteiger partial charge in [0.05, 0.1) is 17.4 Å². The molecule has 4 heterocycles. The lowest BCUT2D eigenvalue weighted by molar-refractivity contribution is -0.137. The summed E-state index contributed by atoms with van der Waals surface area (Å²) in [7, 11) is 0. The number of pyridine rings is 1. The van der Waals surface area contributed by atoms with Crippen LogP contribution in [0.1, 0.15) is 5.56 Å². The Bertz CT molecular complexity index is 3830. The molecule has 12 rings (SSSR count). The van der Waals surface area contributed by atoms with Gasteiger partial charge < -0.3 is 16.0 Å². The first-order chi connectivity index (χ1) is 36.2. The van der Waals surface area contributed by atoms with Crippen LogP contribution in [-0.2, 0) is 6.18 Å². The average molecular weight is 996 g/mol. The van der Waals surface area contributed by atoms with Crippen LogP contribution in [0.3, 0.4) is 0 Å². The summed E-state index contributed by atoms with van der Waals surface area (Å²) in [5, 5.41) is 42.3. The lowest BCUT2D eigenvalue weighted by Crippen LogP contribution is -2.05. The van der Waals surface area contributed by atoms with Crippen LogP contribution in [0.25, 0.3) is 66.1 Å². The summed E-state index contributed by atoms with van der Waals surface area (Å²) >= 11 is 6.06. The topological polar surface area (TPSA) is 126 Å². The summed E-state index contributed by atoms with van der Waals surface area (Å²) < 4.78 is 38.8. The van der Waals surface area contributed by atoms with Crippen LogP contribution >= 0.6 is 11.6 Å². The van der Waals surface area contributed by atoms with Crippen molar-refractivity contribution in [1.29, 1.82) is 0 Å². The summed E-state index contributed by atoms with van der Waals surface area (Å²) in [6, 6.07) is 70.1. The van der Waals surface area contributed by atoms with Crippen LogP contribution in [0.15, 0.2) is 237 Å². The molecule has 10 nitrogen and oxygen atoms in total. The van der Waals surface area contributed by atoms with Gasteiger partial charge in [0.1, 0.15) is 17.1 Å². The number of aromatic nitrogens is 7. The molecule has 0 aliphatic carbocycles. The Morgan fingerprint density at radius 3 is 1.09 bits per heavy atom. The fourth-order valence-electron chi connectivity index (χ4n) is 8.20. The highest BCUT2D eigenvalue weighted by molar-refractivity contribution is 6.30. The van der Waals surface area contributed by atoms with Crippen LogP contribution < -0.4 is 16.0 Å². The molecule has 0 saturated carbocycles. The summed E-state index contributed by atoms with van der Waals surface area (Å²) in [6.45, 7) is 0. The van der Waals surface area contributed by atoms with Crippen LogP contribution in [0, 0.1) is 0 Å². The average Bonchev–Trinajstić information content (AvgIpc) is 3.45. The first-order valence-corrected chi connectivity index (χ1v) is 23.7. The van der Waals surface area contributed by atoms with Crippen molar-refractivity contribution in [1.82, 2.24) is 35.6 Å². The third-order valence-corrected chi connectivity index (χ3v) is 11.9. The number of hydrogen-bond acceptors (Lipinski definition) is 10. The van der Waals surface area contributed by atoms with Crippen LogP contribution in [-0.4, -0.2) is 35.6 Å². The van der Waals surface area contributed by atoms with Crippen molar-refractivity contribution in [3.05, 3.63) is 247 Å². The molecule has 0 aliphatic rings. The van der Waals surface area contributed by atoms with Gasteiger partial charge in [-0.05, 0) is 48.5 Å². The highest BCUT2D eigenvalue weighted by Gasteiger charge is 2.30. The van der Waals surface area contributed by atoms with Crippen molar-refractivity contribution < 1.29 is 13.2 Å². The second kappa shape index (κ2) is 22.2. The van der Waals surface area contributed by atoms with Crippen LogP contribution in [0.2, 0.25) is 5.02 Å². The van der Waals surface area contributed by atoms with Crippen molar-refractivity contribution in [3.63, 3.8) is 0 Å². The van der Waals surface area contributed by atoms with E-state index in [1.54, 1.807) is 18.5 Å². The molecule has 12 aromatic rings. The minimum Gasteiger partial charge on any atom is -0.338 e. The van der Waals surface area contributed by atoms with E-state index in [2.05, 4.69) is 69.7 Å². The Kier molecular flexibility index (Phi) is 14.4. The van der Waals surface area contributed by atoms with E-state index in [-0.39, 0.29) is 0 Å². The predicted octanol–water partition coefficient (Wildman–Crippen LogP) is 16.2. The zero-order valence-corrected chi connectivity index (χ0v) is 39.9. The van der Waals surface area contributed by atoms with Gasteiger partial charge in [-0.25, -0.2) is 0 Å². The van der Waals surface area contributed by atoms with Gasteiger partial charge in [0.15, 0.2) is 17.5 Å². The third-order valence-electron chi connectivity index (χ3n) is 11.7. The number of rotatable bonds is 9. The normalized spacial score (nSPS) is 11.0. The summed E-state index contributed by atoms with van der Waals surface area (Å²) in [6.07, 6.45) is -0.891. The lowest BCUT2D eigenvalue weighted by atomic mass is 10.0. The Balaban J connectivity index is 0.000000127. The first kappa shape index (κ1) is 48.1. The Labute approximate surface area is 428 Å². The monoisotopic (exact) mass is 994 g/mol. The van der Waals surface area contributed by atoms with Gasteiger partial charge in [-0.15, -0.1) is 30.6 Å².